The number of benzene rings is 2. The number of carbonyl (C=O) groups excluding carboxylic acids is 3. The van der Waals surface area contributed by atoms with Gasteiger partial charge in [0.05, 0.1) is 11.1 Å². The van der Waals surface area contributed by atoms with Gasteiger partial charge < -0.3 is 14.2 Å². The minimum absolute atomic E-state index is 0.317. The predicted molar refractivity (Wildman–Crippen MR) is 175 cm³/mol. The highest BCUT2D eigenvalue weighted by molar-refractivity contribution is 6.06. The van der Waals surface area contributed by atoms with Crippen LogP contribution in [-0.4, -0.2) is 49.1 Å². The third kappa shape index (κ3) is 6.93. The van der Waals surface area contributed by atoms with Gasteiger partial charge in [0.25, 0.3) is 0 Å². The molecule has 9 heteroatoms. The number of hydrogen-bond acceptors (Lipinski definition) is 7. The number of rotatable bonds is 3. The van der Waals surface area contributed by atoms with Crippen LogP contribution in [0, 0.1) is 0 Å². The summed E-state index contributed by atoms with van der Waals surface area (Å²) in [5.41, 5.74) is 2.04. The van der Waals surface area contributed by atoms with Gasteiger partial charge in [0.2, 0.25) is 0 Å². The van der Waals surface area contributed by atoms with E-state index in [0.717, 1.165) is 16.5 Å². The molecule has 45 heavy (non-hydrogen) atoms. The van der Waals surface area contributed by atoms with Crippen LogP contribution in [0.2, 0.25) is 0 Å². The van der Waals surface area contributed by atoms with Crippen LogP contribution in [0.1, 0.15) is 72.7 Å². The first-order valence-electron chi connectivity index (χ1n) is 14.8. The van der Waals surface area contributed by atoms with Crippen LogP contribution in [0.3, 0.4) is 0 Å². The van der Waals surface area contributed by atoms with Crippen molar-refractivity contribution < 1.29 is 28.6 Å². The summed E-state index contributed by atoms with van der Waals surface area (Å²) in [5.74, 6) is -0.514. The average molecular weight is 610 g/mol. The maximum Gasteiger partial charge on any atom is 0.420 e. The molecule has 3 heterocycles. The zero-order valence-electron chi connectivity index (χ0n) is 27.2. The van der Waals surface area contributed by atoms with Crippen molar-refractivity contribution in [2.45, 2.75) is 79.1 Å². The standard InChI is InChI=1S/C36H39N3O6/c1-34(2,3)43-31(40)27-19-23(24-13-12-22-16-18-38(29(22)20-24)32(41)44-35(4,5)6)14-15-25(27)28-21-39(33(42)45-36(7,8)9)30-26(28)11-10-17-37-30/h10-21H,1-9H3. The van der Waals surface area contributed by atoms with E-state index in [4.69, 9.17) is 14.2 Å². The number of pyridine rings is 1. The fourth-order valence-electron chi connectivity index (χ4n) is 4.96. The number of nitrogens with zero attached hydrogens (tertiary/aromatic N) is 3. The van der Waals surface area contributed by atoms with Gasteiger partial charge in [0.1, 0.15) is 22.5 Å². The molecule has 0 aliphatic rings. The van der Waals surface area contributed by atoms with Gasteiger partial charge in [-0.05, 0) is 109 Å². The van der Waals surface area contributed by atoms with Crippen molar-refractivity contribution in [3.05, 3.63) is 78.8 Å². The van der Waals surface area contributed by atoms with E-state index in [1.54, 1.807) is 51.5 Å². The Kier molecular flexibility index (Phi) is 7.85. The Labute approximate surface area is 262 Å². The molecular formula is C36H39N3O6. The molecule has 5 aromatic rings. The van der Waals surface area contributed by atoms with E-state index in [-0.39, 0.29) is 0 Å². The maximum absolute atomic E-state index is 13.7. The summed E-state index contributed by atoms with van der Waals surface area (Å²) in [6.07, 6.45) is 3.89. The average Bonchev–Trinajstić information content (AvgIpc) is 3.52. The summed E-state index contributed by atoms with van der Waals surface area (Å²) < 4.78 is 19.9. The van der Waals surface area contributed by atoms with Gasteiger partial charge >= 0.3 is 18.2 Å². The highest BCUT2D eigenvalue weighted by Gasteiger charge is 2.27. The number of ether oxygens (including phenoxy) is 3. The molecule has 0 spiro atoms. The number of hydrogen-bond donors (Lipinski definition) is 0. The van der Waals surface area contributed by atoms with E-state index in [2.05, 4.69) is 4.98 Å². The Morgan fingerprint density at radius 3 is 1.91 bits per heavy atom. The lowest BCUT2D eigenvalue weighted by Gasteiger charge is -2.21. The predicted octanol–water partition coefficient (Wildman–Crippen LogP) is 8.85. The number of carbonyl (C=O) groups is 3. The fraction of sp³-hybridized carbons (Fsp3) is 0.333. The minimum Gasteiger partial charge on any atom is -0.456 e. The van der Waals surface area contributed by atoms with Crippen molar-refractivity contribution in [1.29, 1.82) is 0 Å². The summed E-state index contributed by atoms with van der Waals surface area (Å²) >= 11 is 0. The molecular weight excluding hydrogens is 570 g/mol. The molecule has 0 fully saturated rings. The molecule has 2 aromatic carbocycles. The van der Waals surface area contributed by atoms with Crippen LogP contribution < -0.4 is 0 Å². The Bertz CT molecular complexity index is 1940. The monoisotopic (exact) mass is 609 g/mol. The topological polar surface area (TPSA) is 102 Å². The number of aromatic nitrogens is 3. The SMILES string of the molecule is CC(C)(C)OC(=O)c1cc(-c2ccc3ccn(C(=O)OC(C)(C)C)c3c2)ccc1-c1cn(C(=O)OC(C)(C)C)c2ncccc12. The second kappa shape index (κ2) is 11.2. The van der Waals surface area contributed by atoms with Crippen LogP contribution in [0.4, 0.5) is 9.59 Å². The lowest BCUT2D eigenvalue weighted by Crippen LogP contribution is -2.26. The van der Waals surface area contributed by atoms with Gasteiger partial charge in [0.15, 0.2) is 0 Å². The third-order valence-corrected chi connectivity index (χ3v) is 6.70. The molecule has 0 saturated heterocycles. The minimum atomic E-state index is -0.746. The van der Waals surface area contributed by atoms with Crippen molar-refractivity contribution >= 4 is 40.1 Å². The first-order chi connectivity index (χ1) is 20.9. The van der Waals surface area contributed by atoms with Crippen LogP contribution in [0.5, 0.6) is 0 Å². The molecule has 0 unspecified atom stereocenters. The van der Waals surface area contributed by atoms with Crippen LogP contribution >= 0.6 is 0 Å². The summed E-state index contributed by atoms with van der Waals surface area (Å²) in [4.78, 5) is 44.3. The largest absolute Gasteiger partial charge is 0.456 e. The Morgan fingerprint density at radius 1 is 0.667 bits per heavy atom. The molecule has 5 rings (SSSR count). The Hall–Kier alpha value is -4.92. The van der Waals surface area contributed by atoms with E-state index in [9.17, 15) is 14.4 Å². The highest BCUT2D eigenvalue weighted by Crippen LogP contribution is 2.36. The van der Waals surface area contributed by atoms with E-state index in [1.807, 2.05) is 84.0 Å². The molecule has 0 saturated carbocycles. The smallest absolute Gasteiger partial charge is 0.420 e. The summed E-state index contributed by atoms with van der Waals surface area (Å²) in [7, 11) is 0. The molecule has 0 aliphatic carbocycles. The van der Waals surface area contributed by atoms with Gasteiger partial charge in [0, 0.05) is 34.9 Å². The first-order valence-corrected chi connectivity index (χ1v) is 14.8. The molecule has 9 nitrogen and oxygen atoms in total. The second-order valence-corrected chi connectivity index (χ2v) is 14.0. The molecule has 0 N–H and O–H groups in total. The second-order valence-electron chi connectivity index (χ2n) is 14.0. The van der Waals surface area contributed by atoms with Gasteiger partial charge in [-0.15, -0.1) is 0 Å². The van der Waals surface area contributed by atoms with Crippen molar-refractivity contribution in [2.24, 2.45) is 0 Å². The van der Waals surface area contributed by atoms with E-state index in [0.29, 0.717) is 33.2 Å². The number of esters is 1. The zero-order chi connectivity index (χ0) is 32.9. The van der Waals surface area contributed by atoms with Gasteiger partial charge in [-0.25, -0.2) is 23.9 Å². The van der Waals surface area contributed by atoms with Crippen LogP contribution in [0.15, 0.2) is 73.2 Å². The maximum atomic E-state index is 13.7. The number of fused-ring (bicyclic) bond motifs is 2. The molecule has 3 aromatic heterocycles. The van der Waals surface area contributed by atoms with E-state index in [1.165, 1.54) is 9.13 Å². The molecule has 0 aliphatic heterocycles. The highest BCUT2D eigenvalue weighted by atomic mass is 16.6. The Morgan fingerprint density at radius 2 is 1.27 bits per heavy atom. The third-order valence-electron chi connectivity index (χ3n) is 6.70. The summed E-state index contributed by atoms with van der Waals surface area (Å²) in [6, 6.07) is 16.8. The zero-order valence-corrected chi connectivity index (χ0v) is 27.2. The van der Waals surface area contributed by atoms with Gasteiger partial charge in [-0.3, -0.25) is 4.57 Å². The van der Waals surface area contributed by atoms with E-state index >= 15 is 0 Å². The van der Waals surface area contributed by atoms with Crippen LogP contribution in [-0.2, 0) is 14.2 Å². The van der Waals surface area contributed by atoms with Crippen molar-refractivity contribution in [3.63, 3.8) is 0 Å². The summed E-state index contributed by atoms with van der Waals surface area (Å²) in [6.45, 7) is 16.3. The molecule has 0 radical (unpaired) electrons. The van der Waals surface area contributed by atoms with Crippen LogP contribution in [0.25, 0.3) is 44.2 Å². The molecule has 0 atom stereocenters. The lowest BCUT2D eigenvalue weighted by atomic mass is 9.94. The van der Waals surface area contributed by atoms with Crippen molar-refractivity contribution in [2.75, 3.05) is 0 Å². The van der Waals surface area contributed by atoms with Gasteiger partial charge in [-0.2, -0.15) is 0 Å². The molecule has 0 amide bonds. The molecule has 0 bridgehead atoms. The fourth-order valence-corrected chi connectivity index (χ4v) is 4.96. The first kappa shape index (κ1) is 31.5. The Balaban J connectivity index is 1.66. The lowest BCUT2D eigenvalue weighted by molar-refractivity contribution is 0.00699. The van der Waals surface area contributed by atoms with Crippen molar-refractivity contribution in [1.82, 2.24) is 14.1 Å². The molecule has 234 valence electrons. The summed E-state index contributed by atoms with van der Waals surface area (Å²) in [5, 5.41) is 1.55. The van der Waals surface area contributed by atoms with E-state index < -0.39 is 35.0 Å². The quantitative estimate of drug-likeness (QED) is 0.149. The van der Waals surface area contributed by atoms with Gasteiger partial charge in [-0.1, -0.05) is 24.3 Å². The normalized spacial score (nSPS) is 12.4. The van der Waals surface area contributed by atoms with Crippen molar-refractivity contribution in [3.8, 4) is 22.3 Å².